The molecule has 2 heterocycles. The number of benzene rings is 1. The van der Waals surface area contributed by atoms with Crippen LogP contribution in [-0.2, 0) is 9.59 Å². The Morgan fingerprint density at radius 1 is 1.17 bits per heavy atom. The predicted octanol–water partition coefficient (Wildman–Crippen LogP) is 2.53. The molecule has 1 aromatic heterocycles. The van der Waals surface area contributed by atoms with Crippen molar-refractivity contribution in [2.75, 3.05) is 23.4 Å². The highest BCUT2D eigenvalue weighted by molar-refractivity contribution is 5.98. The summed E-state index contributed by atoms with van der Waals surface area (Å²) >= 11 is 0. The number of pyridine rings is 1. The zero-order chi connectivity index (χ0) is 16.9. The summed E-state index contributed by atoms with van der Waals surface area (Å²) in [5, 5.41) is 2.71. The van der Waals surface area contributed by atoms with Gasteiger partial charge in [-0.3, -0.25) is 9.59 Å². The van der Waals surface area contributed by atoms with Gasteiger partial charge in [-0.1, -0.05) is 18.2 Å². The number of aryl methyl sites for hydroxylation is 1. The van der Waals surface area contributed by atoms with Crippen LogP contribution in [0.1, 0.15) is 18.5 Å². The molecule has 1 aromatic carbocycles. The fourth-order valence-electron chi connectivity index (χ4n) is 2.60. The fourth-order valence-corrected chi connectivity index (χ4v) is 2.60. The lowest BCUT2D eigenvalue weighted by molar-refractivity contribution is -0.122. The Morgan fingerprint density at radius 2 is 2.00 bits per heavy atom. The van der Waals surface area contributed by atoms with Crippen LogP contribution in [0.5, 0.6) is 5.75 Å². The number of carbonyl (C=O) groups excluding carboxylic acids is 2. The predicted molar refractivity (Wildman–Crippen MR) is 91.1 cm³/mol. The minimum Gasteiger partial charge on any atom is -0.490 e. The van der Waals surface area contributed by atoms with E-state index in [0.717, 1.165) is 11.4 Å². The lowest BCUT2D eigenvalue weighted by Crippen LogP contribution is -2.38. The zero-order valence-electron chi connectivity index (χ0n) is 13.5. The molecule has 0 radical (unpaired) electrons. The van der Waals surface area contributed by atoms with Crippen LogP contribution >= 0.6 is 0 Å². The SMILES string of the molecule is Cc1cccc(NC(=O)CCC(=O)N2CCOc3ccccc32)n1. The average Bonchev–Trinajstić information content (AvgIpc) is 2.59. The number of ether oxygens (including phenoxy) is 1. The van der Waals surface area contributed by atoms with E-state index in [0.29, 0.717) is 24.7 Å². The van der Waals surface area contributed by atoms with Gasteiger partial charge in [-0.2, -0.15) is 0 Å². The van der Waals surface area contributed by atoms with Crippen molar-refractivity contribution < 1.29 is 14.3 Å². The van der Waals surface area contributed by atoms with Gasteiger partial charge in [-0.05, 0) is 31.2 Å². The molecule has 6 heteroatoms. The highest BCUT2D eigenvalue weighted by Crippen LogP contribution is 2.31. The number of carbonyl (C=O) groups is 2. The third-order valence-corrected chi connectivity index (χ3v) is 3.75. The summed E-state index contributed by atoms with van der Waals surface area (Å²) in [5.74, 6) is 0.899. The molecule has 2 aromatic rings. The Labute approximate surface area is 140 Å². The fraction of sp³-hybridized carbons (Fsp3) is 0.278. The van der Waals surface area contributed by atoms with E-state index in [1.54, 1.807) is 11.0 Å². The minimum atomic E-state index is -0.219. The number of aromatic nitrogens is 1. The van der Waals surface area contributed by atoms with Gasteiger partial charge < -0.3 is 15.0 Å². The van der Waals surface area contributed by atoms with Crippen LogP contribution in [-0.4, -0.2) is 29.9 Å². The summed E-state index contributed by atoms with van der Waals surface area (Å²) in [7, 11) is 0. The molecule has 1 N–H and O–H groups in total. The standard InChI is InChI=1S/C18H19N3O3/c1-13-5-4-8-16(19-13)20-17(22)9-10-18(23)21-11-12-24-15-7-3-2-6-14(15)21/h2-8H,9-12H2,1H3,(H,19,20,22). The second-order valence-electron chi connectivity index (χ2n) is 5.57. The van der Waals surface area contributed by atoms with Crippen LogP contribution in [0.3, 0.4) is 0 Å². The van der Waals surface area contributed by atoms with Crippen molar-refractivity contribution in [2.45, 2.75) is 19.8 Å². The quantitative estimate of drug-likeness (QED) is 0.937. The van der Waals surface area contributed by atoms with E-state index in [1.165, 1.54) is 0 Å². The third kappa shape index (κ3) is 3.71. The average molecular weight is 325 g/mol. The number of hydrogen-bond donors (Lipinski definition) is 1. The monoisotopic (exact) mass is 325 g/mol. The van der Waals surface area contributed by atoms with Crippen LogP contribution in [0, 0.1) is 6.92 Å². The molecule has 1 aliphatic rings. The first-order chi connectivity index (χ1) is 11.6. The summed E-state index contributed by atoms with van der Waals surface area (Å²) in [4.78, 5) is 30.4. The van der Waals surface area contributed by atoms with Crippen molar-refractivity contribution in [1.82, 2.24) is 4.98 Å². The second kappa shape index (κ2) is 7.12. The van der Waals surface area contributed by atoms with E-state index < -0.39 is 0 Å². The highest BCUT2D eigenvalue weighted by Gasteiger charge is 2.23. The van der Waals surface area contributed by atoms with Crippen LogP contribution in [0.15, 0.2) is 42.5 Å². The Balaban J connectivity index is 1.57. The normalized spacial score (nSPS) is 13.0. The van der Waals surface area contributed by atoms with E-state index in [4.69, 9.17) is 4.74 Å². The van der Waals surface area contributed by atoms with Crippen molar-refractivity contribution in [3.8, 4) is 5.75 Å². The molecular weight excluding hydrogens is 306 g/mol. The molecule has 1 aliphatic heterocycles. The van der Waals surface area contributed by atoms with E-state index in [-0.39, 0.29) is 24.7 Å². The van der Waals surface area contributed by atoms with Gasteiger partial charge in [0.15, 0.2) is 0 Å². The molecule has 0 saturated heterocycles. The number of amides is 2. The first kappa shape index (κ1) is 16.0. The summed E-state index contributed by atoms with van der Waals surface area (Å²) in [6, 6.07) is 12.8. The highest BCUT2D eigenvalue weighted by atomic mass is 16.5. The van der Waals surface area contributed by atoms with Gasteiger partial charge in [0.1, 0.15) is 18.2 Å². The van der Waals surface area contributed by atoms with Gasteiger partial charge in [0.05, 0.1) is 12.2 Å². The Bertz CT molecular complexity index is 761. The van der Waals surface area contributed by atoms with E-state index in [9.17, 15) is 9.59 Å². The third-order valence-electron chi connectivity index (χ3n) is 3.75. The largest absolute Gasteiger partial charge is 0.490 e. The Kier molecular flexibility index (Phi) is 4.74. The summed E-state index contributed by atoms with van der Waals surface area (Å²) in [6.07, 6.45) is 0.264. The van der Waals surface area contributed by atoms with Crippen molar-refractivity contribution in [3.63, 3.8) is 0 Å². The zero-order valence-corrected chi connectivity index (χ0v) is 13.5. The molecule has 0 spiro atoms. The maximum atomic E-state index is 12.4. The minimum absolute atomic E-state index is 0.0851. The number of nitrogens with zero attached hydrogens (tertiary/aromatic N) is 2. The van der Waals surface area contributed by atoms with Crippen LogP contribution < -0.4 is 15.0 Å². The van der Waals surface area contributed by atoms with Crippen molar-refractivity contribution in [3.05, 3.63) is 48.2 Å². The maximum absolute atomic E-state index is 12.4. The summed E-state index contributed by atoms with van der Waals surface area (Å²) in [6.45, 7) is 2.81. The number of anilines is 2. The van der Waals surface area contributed by atoms with Crippen molar-refractivity contribution in [2.24, 2.45) is 0 Å². The van der Waals surface area contributed by atoms with Gasteiger partial charge in [0.25, 0.3) is 0 Å². The molecule has 0 saturated carbocycles. The topological polar surface area (TPSA) is 71.5 Å². The summed E-state index contributed by atoms with van der Waals surface area (Å²) < 4.78 is 5.54. The van der Waals surface area contributed by atoms with E-state index in [2.05, 4.69) is 10.3 Å². The molecule has 2 amide bonds. The van der Waals surface area contributed by atoms with Crippen molar-refractivity contribution in [1.29, 1.82) is 0 Å². The van der Waals surface area contributed by atoms with Gasteiger partial charge in [-0.25, -0.2) is 4.98 Å². The van der Waals surface area contributed by atoms with Gasteiger partial charge in [0.2, 0.25) is 11.8 Å². The van der Waals surface area contributed by atoms with Crippen LogP contribution in [0.2, 0.25) is 0 Å². The molecule has 124 valence electrons. The number of rotatable bonds is 4. The Hall–Kier alpha value is -2.89. The van der Waals surface area contributed by atoms with Gasteiger partial charge in [-0.15, -0.1) is 0 Å². The summed E-state index contributed by atoms with van der Waals surface area (Å²) in [5.41, 5.74) is 1.59. The second-order valence-corrected chi connectivity index (χ2v) is 5.57. The molecule has 24 heavy (non-hydrogen) atoms. The number of nitrogens with one attached hydrogen (secondary N) is 1. The molecule has 0 aliphatic carbocycles. The molecule has 0 fully saturated rings. The Morgan fingerprint density at radius 3 is 2.83 bits per heavy atom. The molecule has 3 rings (SSSR count). The molecule has 6 nitrogen and oxygen atoms in total. The van der Waals surface area contributed by atoms with Crippen LogP contribution in [0.4, 0.5) is 11.5 Å². The van der Waals surface area contributed by atoms with Gasteiger partial charge >= 0.3 is 0 Å². The molecule has 0 atom stereocenters. The van der Waals surface area contributed by atoms with E-state index >= 15 is 0 Å². The molecule has 0 unspecified atom stereocenters. The van der Waals surface area contributed by atoms with Gasteiger partial charge in [0, 0.05) is 18.5 Å². The first-order valence-electron chi connectivity index (χ1n) is 7.89. The number of para-hydroxylation sites is 2. The molecule has 0 bridgehead atoms. The molecular formula is C18H19N3O3. The van der Waals surface area contributed by atoms with Crippen molar-refractivity contribution >= 4 is 23.3 Å². The lowest BCUT2D eigenvalue weighted by atomic mass is 10.2. The lowest BCUT2D eigenvalue weighted by Gasteiger charge is -2.29. The van der Waals surface area contributed by atoms with Crippen LogP contribution in [0.25, 0.3) is 0 Å². The maximum Gasteiger partial charge on any atom is 0.227 e. The number of hydrogen-bond acceptors (Lipinski definition) is 4. The first-order valence-corrected chi connectivity index (χ1v) is 7.89. The van der Waals surface area contributed by atoms with E-state index in [1.807, 2.05) is 43.3 Å². The number of fused-ring (bicyclic) bond motifs is 1. The smallest absolute Gasteiger partial charge is 0.227 e.